The monoisotopic (exact) mass is 336 g/mol. The van der Waals surface area contributed by atoms with Crippen LogP contribution in [0, 0.1) is 0 Å². The molecule has 0 aliphatic rings. The summed E-state index contributed by atoms with van der Waals surface area (Å²) in [5.74, 6) is 0.131. The Balaban J connectivity index is 2.05. The molecular weight excluding hydrogens is 323 g/mol. The minimum absolute atomic E-state index is 0.330. The van der Waals surface area contributed by atoms with Crippen molar-refractivity contribution < 1.29 is 14.3 Å². The van der Waals surface area contributed by atoms with Crippen LogP contribution in [0.3, 0.4) is 0 Å². The van der Waals surface area contributed by atoms with Gasteiger partial charge in [0.2, 0.25) is 0 Å². The number of esters is 1. The third kappa shape index (κ3) is 4.52. The first kappa shape index (κ1) is 16.4. The Bertz CT molecular complexity index is 696. The third-order valence-corrected chi connectivity index (χ3v) is 3.57. The van der Waals surface area contributed by atoms with Crippen molar-refractivity contribution in [2.24, 2.45) is 0 Å². The van der Waals surface area contributed by atoms with Gasteiger partial charge in [-0.05, 0) is 29.8 Å². The summed E-state index contributed by atoms with van der Waals surface area (Å²) in [5, 5.41) is 1.11. The van der Waals surface area contributed by atoms with Gasteiger partial charge in [0.1, 0.15) is 12.4 Å². The highest BCUT2D eigenvalue weighted by molar-refractivity contribution is 6.32. The van der Waals surface area contributed by atoms with Crippen molar-refractivity contribution in [3.8, 4) is 5.75 Å². The molecule has 0 fully saturated rings. The molecule has 2 aromatic rings. The topological polar surface area (TPSA) is 35.5 Å². The predicted octanol–water partition coefficient (Wildman–Crippen LogP) is 4.76. The number of benzene rings is 2. The van der Waals surface area contributed by atoms with E-state index in [1.807, 2.05) is 24.3 Å². The van der Waals surface area contributed by atoms with Gasteiger partial charge in [-0.3, -0.25) is 0 Å². The maximum atomic E-state index is 11.0. The summed E-state index contributed by atoms with van der Waals surface area (Å²) in [5.41, 5.74) is 1.66. The van der Waals surface area contributed by atoms with Gasteiger partial charge in [-0.1, -0.05) is 47.5 Å². The molecule has 0 aliphatic heterocycles. The van der Waals surface area contributed by atoms with Crippen LogP contribution < -0.4 is 4.74 Å². The Morgan fingerprint density at radius 3 is 2.59 bits per heavy atom. The molecule has 114 valence electrons. The fraction of sp³-hybridized carbons (Fsp3) is 0.118. The van der Waals surface area contributed by atoms with Crippen molar-refractivity contribution in [1.29, 1.82) is 0 Å². The molecule has 0 heterocycles. The first-order valence-electron chi connectivity index (χ1n) is 6.52. The summed E-state index contributed by atoms with van der Waals surface area (Å²) in [6, 6.07) is 12.7. The second kappa shape index (κ2) is 7.87. The molecule has 0 bridgehead atoms. The Kier molecular flexibility index (Phi) is 5.87. The lowest BCUT2D eigenvalue weighted by atomic mass is 10.2. The lowest BCUT2D eigenvalue weighted by molar-refractivity contribution is -0.134. The molecule has 0 aliphatic carbocycles. The van der Waals surface area contributed by atoms with Gasteiger partial charge in [0.25, 0.3) is 0 Å². The fourth-order valence-electron chi connectivity index (χ4n) is 1.74. The van der Waals surface area contributed by atoms with Crippen LogP contribution >= 0.6 is 23.2 Å². The van der Waals surface area contributed by atoms with E-state index in [4.69, 9.17) is 27.9 Å². The smallest absolute Gasteiger partial charge is 0.330 e. The van der Waals surface area contributed by atoms with Crippen LogP contribution in [0.15, 0.2) is 48.5 Å². The van der Waals surface area contributed by atoms with Crippen LogP contribution in [-0.4, -0.2) is 13.1 Å². The normalized spacial score (nSPS) is 10.7. The molecule has 2 rings (SSSR count). The van der Waals surface area contributed by atoms with E-state index in [0.29, 0.717) is 22.4 Å². The highest BCUT2D eigenvalue weighted by atomic mass is 35.5. The van der Waals surface area contributed by atoms with E-state index in [-0.39, 0.29) is 0 Å². The Hall–Kier alpha value is -1.97. The number of hydrogen-bond donors (Lipinski definition) is 0. The number of carbonyl (C=O) groups is 1. The molecule has 0 aromatic heterocycles. The number of ether oxygens (including phenoxy) is 2. The maximum absolute atomic E-state index is 11.0. The first-order valence-corrected chi connectivity index (χ1v) is 7.27. The fourth-order valence-corrected chi connectivity index (χ4v) is 2.17. The van der Waals surface area contributed by atoms with E-state index >= 15 is 0 Å². The molecule has 0 N–H and O–H groups in total. The zero-order chi connectivity index (χ0) is 15.9. The van der Waals surface area contributed by atoms with E-state index in [1.165, 1.54) is 13.2 Å². The average Bonchev–Trinajstić information content (AvgIpc) is 2.53. The van der Waals surface area contributed by atoms with Crippen LogP contribution in [0.2, 0.25) is 10.0 Å². The summed E-state index contributed by atoms with van der Waals surface area (Å²) in [6.45, 7) is 0.330. The summed E-state index contributed by atoms with van der Waals surface area (Å²) in [4.78, 5) is 11.0. The maximum Gasteiger partial charge on any atom is 0.330 e. The molecule has 0 radical (unpaired) electrons. The lowest BCUT2D eigenvalue weighted by Crippen LogP contribution is -1.97. The second-order valence-electron chi connectivity index (χ2n) is 4.43. The molecule has 0 saturated carbocycles. The van der Waals surface area contributed by atoms with E-state index in [2.05, 4.69) is 4.74 Å². The molecule has 0 saturated heterocycles. The van der Waals surface area contributed by atoms with Gasteiger partial charge < -0.3 is 9.47 Å². The summed E-state index contributed by atoms with van der Waals surface area (Å²) in [6.07, 6.45) is 2.95. The Labute approximate surface area is 139 Å². The summed E-state index contributed by atoms with van der Waals surface area (Å²) in [7, 11) is 1.32. The van der Waals surface area contributed by atoms with Gasteiger partial charge in [-0.2, -0.15) is 0 Å². The SMILES string of the molecule is COC(=O)/C=C/c1ccc(OCc2ccccc2Cl)c(Cl)c1. The van der Waals surface area contributed by atoms with Gasteiger partial charge >= 0.3 is 5.97 Å². The predicted molar refractivity (Wildman–Crippen MR) is 88.3 cm³/mol. The van der Waals surface area contributed by atoms with Gasteiger partial charge in [-0.15, -0.1) is 0 Å². The van der Waals surface area contributed by atoms with Gasteiger partial charge in [0, 0.05) is 16.7 Å². The van der Waals surface area contributed by atoms with Gasteiger partial charge in [0.15, 0.2) is 0 Å². The largest absolute Gasteiger partial charge is 0.487 e. The molecular formula is C17H14Cl2O3. The van der Waals surface area contributed by atoms with Crippen molar-refractivity contribution in [2.45, 2.75) is 6.61 Å². The number of carbonyl (C=O) groups excluding carboxylic acids is 1. The zero-order valence-corrected chi connectivity index (χ0v) is 13.4. The average molecular weight is 337 g/mol. The Morgan fingerprint density at radius 2 is 1.91 bits per heavy atom. The third-order valence-electron chi connectivity index (χ3n) is 2.91. The van der Waals surface area contributed by atoms with Crippen molar-refractivity contribution in [1.82, 2.24) is 0 Å². The quantitative estimate of drug-likeness (QED) is 0.583. The highest BCUT2D eigenvalue weighted by Gasteiger charge is 2.05. The van der Waals surface area contributed by atoms with Gasteiger partial charge in [-0.25, -0.2) is 4.79 Å². The molecule has 0 spiro atoms. The summed E-state index contributed by atoms with van der Waals surface area (Å²) < 4.78 is 10.2. The molecule has 2 aromatic carbocycles. The summed E-state index contributed by atoms with van der Waals surface area (Å²) >= 11 is 12.3. The number of rotatable bonds is 5. The van der Waals surface area contributed by atoms with E-state index in [1.54, 1.807) is 24.3 Å². The molecule has 22 heavy (non-hydrogen) atoms. The van der Waals surface area contributed by atoms with Crippen LogP contribution in [-0.2, 0) is 16.1 Å². The molecule has 0 unspecified atom stereocenters. The zero-order valence-electron chi connectivity index (χ0n) is 11.9. The highest BCUT2D eigenvalue weighted by Crippen LogP contribution is 2.27. The van der Waals surface area contributed by atoms with Crippen molar-refractivity contribution in [3.05, 3.63) is 69.7 Å². The van der Waals surface area contributed by atoms with Crippen molar-refractivity contribution >= 4 is 35.2 Å². The molecule has 0 atom stereocenters. The number of halogens is 2. The minimum Gasteiger partial charge on any atom is -0.487 e. The lowest BCUT2D eigenvalue weighted by Gasteiger charge is -2.09. The van der Waals surface area contributed by atoms with Crippen LogP contribution in [0.25, 0.3) is 6.08 Å². The number of hydrogen-bond acceptors (Lipinski definition) is 3. The number of methoxy groups -OCH3 is 1. The van der Waals surface area contributed by atoms with E-state index < -0.39 is 5.97 Å². The van der Waals surface area contributed by atoms with Crippen molar-refractivity contribution in [3.63, 3.8) is 0 Å². The van der Waals surface area contributed by atoms with Crippen LogP contribution in [0.1, 0.15) is 11.1 Å². The van der Waals surface area contributed by atoms with Crippen LogP contribution in [0.5, 0.6) is 5.75 Å². The van der Waals surface area contributed by atoms with Crippen molar-refractivity contribution in [2.75, 3.05) is 7.11 Å². The molecule has 5 heteroatoms. The van der Waals surface area contributed by atoms with E-state index in [0.717, 1.165) is 11.1 Å². The second-order valence-corrected chi connectivity index (χ2v) is 5.24. The minimum atomic E-state index is -0.421. The molecule has 3 nitrogen and oxygen atoms in total. The standard InChI is InChI=1S/C17H14Cl2O3/c1-21-17(20)9-7-12-6-8-16(15(19)10-12)22-11-13-4-2-3-5-14(13)18/h2-10H,11H2,1H3/b9-7+. The van der Waals surface area contributed by atoms with Crippen LogP contribution in [0.4, 0.5) is 0 Å². The Morgan fingerprint density at radius 1 is 1.14 bits per heavy atom. The van der Waals surface area contributed by atoms with E-state index in [9.17, 15) is 4.79 Å². The first-order chi connectivity index (χ1) is 10.6. The molecule has 0 amide bonds. The van der Waals surface area contributed by atoms with Gasteiger partial charge in [0.05, 0.1) is 12.1 Å².